The molecule has 0 amide bonds. The van der Waals surface area contributed by atoms with Crippen molar-refractivity contribution in [1.29, 1.82) is 0 Å². The first-order valence-corrected chi connectivity index (χ1v) is 30.1. The van der Waals surface area contributed by atoms with Crippen molar-refractivity contribution >= 4 is 17.9 Å². The standard InChI is InChI=1S/C65H112O6/c1-4-7-10-13-16-19-22-25-28-30-32-34-37-40-43-46-49-52-55-58-64(67)70-61-62(60-69-63(66)57-54-51-48-45-42-39-36-27-24-21-18-15-12-9-6-3)71-65(68)59-56-53-50-47-44-41-38-35-33-31-29-26-23-20-17-14-11-8-5-2/h16-17,19-20,25-29,32,34,36,40,43,62H,4-15,18,21-24,30-31,33,35,37-39,41-42,44-61H2,1-3H3/b19-16-,20-17-,28-25-,29-26-,34-32-,36-27-,43-40-/t62-/m1/s1. The fourth-order valence-corrected chi connectivity index (χ4v) is 8.27. The van der Waals surface area contributed by atoms with E-state index in [1.807, 2.05) is 0 Å². The van der Waals surface area contributed by atoms with E-state index in [2.05, 4.69) is 106 Å². The SMILES string of the molecule is CCCCC/C=C\C/C=C\C/C=C\C/C=C\CCCCCC(=O)OC[C@@H](COC(=O)CCCCCCC/C=C\CCCCCCCC)OC(=O)CCCCCCCCCCC/C=C\C/C=C\CCCCC. The van der Waals surface area contributed by atoms with Crippen LogP contribution in [-0.2, 0) is 28.6 Å². The van der Waals surface area contributed by atoms with E-state index in [0.717, 1.165) is 96.3 Å². The van der Waals surface area contributed by atoms with E-state index in [0.29, 0.717) is 19.3 Å². The summed E-state index contributed by atoms with van der Waals surface area (Å²) in [5.41, 5.74) is 0. The van der Waals surface area contributed by atoms with Gasteiger partial charge in [0.25, 0.3) is 0 Å². The molecule has 0 aliphatic carbocycles. The smallest absolute Gasteiger partial charge is 0.306 e. The molecule has 0 aliphatic rings. The first-order valence-electron chi connectivity index (χ1n) is 30.1. The number of hydrogen-bond acceptors (Lipinski definition) is 6. The maximum atomic E-state index is 12.9. The van der Waals surface area contributed by atoms with Gasteiger partial charge in [-0.05, 0) is 122 Å². The average molecular weight is 990 g/mol. The van der Waals surface area contributed by atoms with E-state index in [1.165, 1.54) is 154 Å². The molecule has 0 heterocycles. The molecule has 0 aromatic carbocycles. The largest absolute Gasteiger partial charge is 0.462 e. The number of esters is 3. The van der Waals surface area contributed by atoms with Gasteiger partial charge < -0.3 is 14.2 Å². The Labute approximate surface area is 439 Å². The van der Waals surface area contributed by atoms with E-state index < -0.39 is 6.10 Å². The zero-order valence-electron chi connectivity index (χ0n) is 46.7. The van der Waals surface area contributed by atoms with Gasteiger partial charge in [-0.3, -0.25) is 14.4 Å². The Morgan fingerprint density at radius 2 is 0.507 bits per heavy atom. The highest BCUT2D eigenvalue weighted by Crippen LogP contribution is 2.15. The molecule has 0 radical (unpaired) electrons. The monoisotopic (exact) mass is 989 g/mol. The Bertz CT molecular complexity index is 1370. The second kappa shape index (κ2) is 59.2. The lowest BCUT2D eigenvalue weighted by Crippen LogP contribution is -2.30. The number of unbranched alkanes of at least 4 members (excludes halogenated alkanes) is 29. The molecule has 1 atom stereocenters. The fourth-order valence-electron chi connectivity index (χ4n) is 8.27. The van der Waals surface area contributed by atoms with Gasteiger partial charge >= 0.3 is 17.9 Å². The highest BCUT2D eigenvalue weighted by molar-refractivity contribution is 5.71. The zero-order valence-corrected chi connectivity index (χ0v) is 46.7. The Morgan fingerprint density at radius 3 is 0.845 bits per heavy atom. The lowest BCUT2D eigenvalue weighted by Gasteiger charge is -2.18. The Morgan fingerprint density at radius 1 is 0.282 bits per heavy atom. The van der Waals surface area contributed by atoms with Crippen molar-refractivity contribution in [2.45, 2.75) is 297 Å². The highest BCUT2D eigenvalue weighted by atomic mass is 16.6. The highest BCUT2D eigenvalue weighted by Gasteiger charge is 2.19. The summed E-state index contributed by atoms with van der Waals surface area (Å²) in [4.78, 5) is 38.2. The first-order chi connectivity index (χ1) is 35.0. The van der Waals surface area contributed by atoms with Crippen molar-refractivity contribution < 1.29 is 28.6 Å². The molecule has 0 spiro atoms. The number of ether oxygens (including phenoxy) is 3. The molecule has 6 heteroatoms. The molecule has 0 bridgehead atoms. The van der Waals surface area contributed by atoms with Crippen LogP contribution in [0.5, 0.6) is 0 Å². The average Bonchev–Trinajstić information content (AvgIpc) is 3.37. The van der Waals surface area contributed by atoms with Gasteiger partial charge in [0.1, 0.15) is 13.2 Å². The summed E-state index contributed by atoms with van der Waals surface area (Å²) in [6.07, 6.45) is 77.1. The first kappa shape index (κ1) is 67.6. The van der Waals surface area contributed by atoms with Crippen LogP contribution in [-0.4, -0.2) is 37.2 Å². The van der Waals surface area contributed by atoms with Crippen molar-refractivity contribution in [3.63, 3.8) is 0 Å². The predicted molar refractivity (Wildman–Crippen MR) is 307 cm³/mol. The molecule has 0 aliphatic heterocycles. The molecule has 0 saturated carbocycles. The molecule has 6 nitrogen and oxygen atoms in total. The van der Waals surface area contributed by atoms with E-state index in [4.69, 9.17) is 14.2 Å². The molecule has 71 heavy (non-hydrogen) atoms. The van der Waals surface area contributed by atoms with Crippen molar-refractivity contribution in [1.82, 2.24) is 0 Å². The van der Waals surface area contributed by atoms with Crippen molar-refractivity contribution in [2.75, 3.05) is 13.2 Å². The number of carbonyl (C=O) groups excluding carboxylic acids is 3. The second-order valence-corrected chi connectivity index (χ2v) is 19.9. The van der Waals surface area contributed by atoms with Crippen LogP contribution in [0.4, 0.5) is 0 Å². The molecule has 0 aromatic heterocycles. The number of allylic oxidation sites excluding steroid dienone is 14. The van der Waals surface area contributed by atoms with Crippen molar-refractivity contribution in [3.8, 4) is 0 Å². The number of hydrogen-bond donors (Lipinski definition) is 0. The van der Waals surface area contributed by atoms with Gasteiger partial charge in [0.2, 0.25) is 0 Å². The molecule has 0 rings (SSSR count). The van der Waals surface area contributed by atoms with Crippen LogP contribution in [0.3, 0.4) is 0 Å². The van der Waals surface area contributed by atoms with Crippen LogP contribution in [0.2, 0.25) is 0 Å². The van der Waals surface area contributed by atoms with Crippen LogP contribution in [0.25, 0.3) is 0 Å². The Balaban J connectivity index is 4.45. The minimum atomic E-state index is -0.797. The molecule has 0 aromatic rings. The Kier molecular flexibility index (Phi) is 56.3. The summed E-state index contributed by atoms with van der Waals surface area (Å²) in [6.45, 7) is 6.56. The van der Waals surface area contributed by atoms with Gasteiger partial charge in [0.15, 0.2) is 6.10 Å². The third kappa shape index (κ3) is 57.4. The van der Waals surface area contributed by atoms with Gasteiger partial charge in [-0.2, -0.15) is 0 Å². The summed E-state index contributed by atoms with van der Waals surface area (Å²) < 4.78 is 16.9. The van der Waals surface area contributed by atoms with Crippen LogP contribution in [0.1, 0.15) is 290 Å². The third-order valence-electron chi connectivity index (χ3n) is 12.8. The molecular weight excluding hydrogens is 877 g/mol. The number of carbonyl (C=O) groups is 3. The normalized spacial score (nSPS) is 12.7. The van der Waals surface area contributed by atoms with Gasteiger partial charge in [-0.25, -0.2) is 0 Å². The minimum absolute atomic E-state index is 0.0924. The molecule has 0 unspecified atom stereocenters. The summed E-state index contributed by atoms with van der Waals surface area (Å²) in [6, 6.07) is 0. The van der Waals surface area contributed by atoms with Gasteiger partial charge in [0, 0.05) is 19.3 Å². The van der Waals surface area contributed by atoms with E-state index in [-0.39, 0.29) is 31.1 Å². The van der Waals surface area contributed by atoms with Crippen LogP contribution >= 0.6 is 0 Å². The topological polar surface area (TPSA) is 78.9 Å². The van der Waals surface area contributed by atoms with Crippen molar-refractivity contribution in [3.05, 3.63) is 85.1 Å². The van der Waals surface area contributed by atoms with Gasteiger partial charge in [-0.1, -0.05) is 234 Å². The fraction of sp³-hybridized carbons (Fsp3) is 0.738. The molecule has 408 valence electrons. The summed E-state index contributed by atoms with van der Waals surface area (Å²) in [7, 11) is 0. The third-order valence-corrected chi connectivity index (χ3v) is 12.8. The van der Waals surface area contributed by atoms with Crippen molar-refractivity contribution in [2.24, 2.45) is 0 Å². The molecular formula is C65H112O6. The molecule has 0 saturated heterocycles. The van der Waals surface area contributed by atoms with Gasteiger partial charge in [-0.15, -0.1) is 0 Å². The predicted octanol–water partition coefficient (Wildman–Crippen LogP) is 20.3. The van der Waals surface area contributed by atoms with Crippen LogP contribution in [0, 0.1) is 0 Å². The van der Waals surface area contributed by atoms with Gasteiger partial charge in [0.05, 0.1) is 0 Å². The maximum absolute atomic E-state index is 12.9. The van der Waals surface area contributed by atoms with E-state index in [1.54, 1.807) is 0 Å². The summed E-state index contributed by atoms with van der Waals surface area (Å²) in [5, 5.41) is 0. The quantitative estimate of drug-likeness (QED) is 0.0261. The second-order valence-electron chi connectivity index (χ2n) is 19.9. The van der Waals surface area contributed by atoms with Crippen LogP contribution in [0.15, 0.2) is 85.1 Å². The Hall–Kier alpha value is -3.41. The van der Waals surface area contributed by atoms with E-state index in [9.17, 15) is 14.4 Å². The maximum Gasteiger partial charge on any atom is 0.306 e. The molecule has 0 N–H and O–H groups in total. The summed E-state index contributed by atoms with van der Waals surface area (Å²) >= 11 is 0. The lowest BCUT2D eigenvalue weighted by atomic mass is 10.1. The number of rotatable bonds is 54. The van der Waals surface area contributed by atoms with Crippen LogP contribution < -0.4 is 0 Å². The lowest BCUT2D eigenvalue weighted by molar-refractivity contribution is -0.167. The van der Waals surface area contributed by atoms with E-state index >= 15 is 0 Å². The minimum Gasteiger partial charge on any atom is -0.462 e. The molecule has 0 fully saturated rings. The summed E-state index contributed by atoms with van der Waals surface area (Å²) in [5.74, 6) is -0.928. The zero-order chi connectivity index (χ0) is 51.4.